The quantitative estimate of drug-likeness (QED) is 0.394. The van der Waals surface area contributed by atoms with Crippen molar-refractivity contribution in [2.75, 3.05) is 0 Å². The van der Waals surface area contributed by atoms with Crippen molar-refractivity contribution in [3.05, 3.63) is 22.9 Å². The highest BCUT2D eigenvalue weighted by molar-refractivity contribution is 7.07. The van der Waals surface area contributed by atoms with E-state index in [9.17, 15) is 4.79 Å². The monoisotopic (exact) mass is 254 g/mol. The van der Waals surface area contributed by atoms with Crippen LogP contribution in [-0.4, -0.2) is 5.97 Å². The van der Waals surface area contributed by atoms with E-state index in [0.29, 0.717) is 5.75 Å². The molecule has 0 spiro atoms. The number of esters is 1. The molecule has 0 amide bonds. The summed E-state index contributed by atoms with van der Waals surface area (Å²) in [6.07, 6.45) is 0. The van der Waals surface area contributed by atoms with Gasteiger partial charge in [0.25, 0.3) is 0 Å². The second-order valence-electron chi connectivity index (χ2n) is 2.12. The first-order valence-electron chi connectivity index (χ1n) is 3.45. The topological polar surface area (TPSA) is 119 Å². The standard InChI is InChI=1S/C7H7O2S.ClHO4/c1-6(8)9-7-3-2-4-10-5-7;2-1(3,4)5/h2-5H,1H3;(H,2,3,4,5)/q+1;/p-1. The summed E-state index contributed by atoms with van der Waals surface area (Å²) in [6, 6.07) is 3.58. The van der Waals surface area contributed by atoms with Gasteiger partial charge in [0.05, 0.1) is 0 Å². The molecule has 0 aliphatic rings. The Hall–Kier alpha value is -0.830. The van der Waals surface area contributed by atoms with Crippen LogP contribution in [-0.2, 0) is 4.79 Å². The molecule has 0 unspecified atom stereocenters. The molecule has 1 heterocycles. The average molecular weight is 255 g/mol. The fraction of sp³-hybridized carbons (Fsp3) is 0.143. The van der Waals surface area contributed by atoms with Gasteiger partial charge < -0.3 is 4.74 Å². The molecule has 0 saturated carbocycles. The minimum Gasteiger partial charge on any atom is -0.421 e. The van der Waals surface area contributed by atoms with E-state index in [4.69, 9.17) is 23.4 Å². The van der Waals surface area contributed by atoms with Gasteiger partial charge in [0.2, 0.25) is 16.7 Å². The van der Waals surface area contributed by atoms with Gasteiger partial charge in [0, 0.05) is 6.92 Å². The molecule has 84 valence electrons. The summed E-state index contributed by atoms with van der Waals surface area (Å²) in [5.74, 6) is 0.332. The van der Waals surface area contributed by atoms with E-state index in [1.54, 1.807) is 11.4 Å². The van der Waals surface area contributed by atoms with Crippen LogP contribution in [0.25, 0.3) is 0 Å². The van der Waals surface area contributed by atoms with Crippen LogP contribution >= 0.6 is 11.3 Å². The zero-order valence-electron chi connectivity index (χ0n) is 7.55. The summed E-state index contributed by atoms with van der Waals surface area (Å²) in [4.78, 5) is 10.4. The Bertz CT molecular complexity index is 292. The molecular weight excluding hydrogens is 248 g/mol. The molecule has 1 rings (SSSR count). The normalized spacial score (nSPS) is 9.93. The summed E-state index contributed by atoms with van der Waals surface area (Å²) in [5.41, 5.74) is 0. The molecule has 15 heavy (non-hydrogen) atoms. The highest BCUT2D eigenvalue weighted by Gasteiger charge is 1.99. The van der Waals surface area contributed by atoms with Crippen LogP contribution in [0.15, 0.2) is 22.9 Å². The van der Waals surface area contributed by atoms with Gasteiger partial charge in [-0.25, -0.2) is 18.6 Å². The largest absolute Gasteiger partial charge is 0.421 e. The van der Waals surface area contributed by atoms with E-state index in [1.165, 1.54) is 18.3 Å². The molecule has 0 aliphatic heterocycles. The fourth-order valence-corrected chi connectivity index (χ4v) is 1.06. The van der Waals surface area contributed by atoms with Crippen molar-refractivity contribution in [3.63, 3.8) is 0 Å². The third-order valence-corrected chi connectivity index (χ3v) is 1.55. The molecule has 8 heteroatoms. The van der Waals surface area contributed by atoms with Crippen molar-refractivity contribution in [1.82, 2.24) is 0 Å². The SMILES string of the molecule is CC(=O)Oc1ccc[s+]c1.[O-][Cl+3]([O-])([O-])[O-]. The first-order chi connectivity index (χ1) is 6.79. The lowest BCUT2D eigenvalue weighted by Crippen LogP contribution is -2.68. The second-order valence-corrected chi connectivity index (χ2v) is 3.66. The molecule has 6 nitrogen and oxygen atoms in total. The van der Waals surface area contributed by atoms with Crippen molar-refractivity contribution in [2.45, 2.75) is 6.92 Å². The third-order valence-electron chi connectivity index (χ3n) is 0.863. The molecular formula is C7H7ClO6S. The molecule has 0 fully saturated rings. The van der Waals surface area contributed by atoms with Crippen LogP contribution in [0.5, 0.6) is 5.75 Å². The minimum absolute atomic E-state index is 0.279. The van der Waals surface area contributed by atoms with E-state index < -0.39 is 10.2 Å². The summed E-state index contributed by atoms with van der Waals surface area (Å²) < 4.78 is 38.8. The van der Waals surface area contributed by atoms with E-state index in [2.05, 4.69) is 0 Å². The number of ether oxygens (including phenoxy) is 1. The zero-order valence-corrected chi connectivity index (χ0v) is 9.12. The Labute approximate surface area is 91.7 Å². The van der Waals surface area contributed by atoms with Gasteiger partial charge in [-0.1, -0.05) is 0 Å². The van der Waals surface area contributed by atoms with Crippen LogP contribution in [0.2, 0.25) is 0 Å². The van der Waals surface area contributed by atoms with Crippen LogP contribution < -0.4 is 23.4 Å². The minimum atomic E-state index is -4.94. The third kappa shape index (κ3) is 13.2. The molecule has 0 aliphatic carbocycles. The van der Waals surface area contributed by atoms with Gasteiger partial charge in [0.15, 0.2) is 11.1 Å². The first-order valence-corrected chi connectivity index (χ1v) is 5.62. The Morgan fingerprint density at radius 2 is 1.93 bits per heavy atom. The number of hydrogen-bond donors (Lipinski definition) is 0. The predicted molar refractivity (Wildman–Crippen MR) is 40.0 cm³/mol. The lowest BCUT2D eigenvalue weighted by Gasteiger charge is -2.17. The van der Waals surface area contributed by atoms with Gasteiger partial charge >= 0.3 is 5.97 Å². The smallest absolute Gasteiger partial charge is 0.308 e. The number of carbonyl (C=O) groups excluding carboxylic acids is 1. The van der Waals surface area contributed by atoms with Gasteiger partial charge in [-0.15, -0.1) is 10.2 Å². The highest BCUT2D eigenvalue weighted by Crippen LogP contribution is 2.11. The van der Waals surface area contributed by atoms with E-state index in [1.807, 2.05) is 11.4 Å². The van der Waals surface area contributed by atoms with Gasteiger partial charge in [0.1, 0.15) is 0 Å². The summed E-state index contributed by atoms with van der Waals surface area (Å²) in [5, 5.41) is 3.69. The Morgan fingerprint density at radius 3 is 2.27 bits per heavy atom. The lowest BCUT2D eigenvalue weighted by atomic mass is 10.5. The van der Waals surface area contributed by atoms with Crippen LogP contribution in [0.4, 0.5) is 0 Å². The number of hydrogen-bond acceptors (Lipinski definition) is 6. The van der Waals surface area contributed by atoms with Crippen LogP contribution in [0.3, 0.4) is 0 Å². The van der Waals surface area contributed by atoms with Gasteiger partial charge in [-0.2, -0.15) is 0 Å². The Morgan fingerprint density at radius 1 is 1.40 bits per heavy atom. The average Bonchev–Trinajstić information content (AvgIpc) is 2.01. The van der Waals surface area contributed by atoms with Crippen molar-refractivity contribution in [1.29, 1.82) is 0 Å². The van der Waals surface area contributed by atoms with Gasteiger partial charge in [-0.05, 0) is 12.1 Å². The van der Waals surface area contributed by atoms with Crippen LogP contribution in [0, 0.1) is 10.2 Å². The maximum atomic E-state index is 10.4. The number of carbonyl (C=O) groups is 1. The molecule has 1 aromatic rings. The van der Waals surface area contributed by atoms with E-state index in [0.717, 1.165) is 0 Å². The highest BCUT2D eigenvalue weighted by atomic mass is 35.7. The molecule has 0 radical (unpaired) electrons. The first kappa shape index (κ1) is 14.2. The summed E-state index contributed by atoms with van der Waals surface area (Å²) >= 11 is 1.49. The maximum absolute atomic E-state index is 10.4. The van der Waals surface area contributed by atoms with Crippen molar-refractivity contribution < 1.29 is 38.4 Å². The van der Waals surface area contributed by atoms with Crippen molar-refractivity contribution >= 4 is 17.3 Å². The summed E-state index contributed by atoms with van der Waals surface area (Å²) in [6.45, 7) is 1.39. The Kier molecular flexibility index (Phi) is 6.25. The number of halogens is 1. The van der Waals surface area contributed by atoms with E-state index in [-0.39, 0.29) is 5.97 Å². The molecule has 0 N–H and O–H groups in total. The molecule has 0 aromatic carbocycles. The van der Waals surface area contributed by atoms with Crippen molar-refractivity contribution in [2.24, 2.45) is 0 Å². The maximum Gasteiger partial charge on any atom is 0.308 e. The van der Waals surface area contributed by atoms with Crippen molar-refractivity contribution in [3.8, 4) is 5.75 Å². The van der Waals surface area contributed by atoms with Gasteiger partial charge in [-0.3, -0.25) is 4.79 Å². The lowest BCUT2D eigenvalue weighted by molar-refractivity contribution is -2.00. The Balaban J connectivity index is 0.000000336. The molecule has 0 atom stereocenters. The second kappa shape index (κ2) is 6.62. The molecule has 1 aromatic heterocycles. The molecule has 0 bridgehead atoms. The van der Waals surface area contributed by atoms with Crippen LogP contribution in [0.1, 0.15) is 6.92 Å². The summed E-state index contributed by atoms with van der Waals surface area (Å²) in [7, 11) is -4.94. The zero-order chi connectivity index (χ0) is 11.9. The fourth-order valence-electron chi connectivity index (χ4n) is 0.549. The number of rotatable bonds is 1. The predicted octanol–water partition coefficient (Wildman–Crippen LogP) is -2.80. The van der Waals surface area contributed by atoms with E-state index >= 15 is 0 Å². The molecule has 0 saturated heterocycles.